The van der Waals surface area contributed by atoms with Gasteiger partial charge in [0.15, 0.2) is 0 Å². The van der Waals surface area contributed by atoms with Crippen LogP contribution in [-0.4, -0.2) is 52.9 Å². The van der Waals surface area contributed by atoms with Crippen LogP contribution in [0.2, 0.25) is 0 Å². The van der Waals surface area contributed by atoms with Crippen molar-refractivity contribution in [3.63, 3.8) is 0 Å². The zero-order valence-electron chi connectivity index (χ0n) is 18.3. The number of imidazole rings is 1. The second kappa shape index (κ2) is 9.93. The van der Waals surface area contributed by atoms with E-state index in [0.29, 0.717) is 0 Å². The number of hydrogen-bond acceptors (Lipinski definition) is 5. The Morgan fingerprint density at radius 1 is 1.07 bits per heavy atom. The summed E-state index contributed by atoms with van der Waals surface area (Å²) in [6, 6.07) is 13.5. The van der Waals surface area contributed by atoms with E-state index in [9.17, 15) is 9.90 Å². The lowest BCUT2D eigenvalue weighted by molar-refractivity contribution is 0.108. The molecular formula is C23H32N4O3. The third-order valence-electron chi connectivity index (χ3n) is 5.30. The minimum Gasteiger partial charge on any atom is -0.491 e. The van der Waals surface area contributed by atoms with Crippen LogP contribution in [0, 0.1) is 0 Å². The molecule has 7 nitrogen and oxygen atoms in total. The number of aryl methyl sites for hydroxylation is 2. The van der Waals surface area contributed by atoms with Crippen molar-refractivity contribution in [3.05, 3.63) is 64.1 Å². The number of fused-ring (bicyclic) bond motifs is 1. The quantitative estimate of drug-likeness (QED) is 0.499. The molecule has 7 heteroatoms. The molecule has 1 aromatic heterocycles. The van der Waals surface area contributed by atoms with Crippen LogP contribution < -0.4 is 15.7 Å². The van der Waals surface area contributed by atoms with Crippen LogP contribution in [0.4, 0.5) is 0 Å². The summed E-state index contributed by atoms with van der Waals surface area (Å²) in [5, 5.41) is 14.0. The molecule has 0 amide bonds. The third kappa shape index (κ3) is 5.30. The molecule has 0 unspecified atom stereocenters. The maximum atomic E-state index is 12.1. The van der Waals surface area contributed by atoms with Crippen LogP contribution in [0.25, 0.3) is 11.0 Å². The van der Waals surface area contributed by atoms with Gasteiger partial charge < -0.3 is 20.1 Å². The van der Waals surface area contributed by atoms with E-state index in [0.717, 1.165) is 48.4 Å². The van der Waals surface area contributed by atoms with Crippen molar-refractivity contribution in [3.8, 4) is 5.75 Å². The van der Waals surface area contributed by atoms with E-state index in [1.54, 1.807) is 23.2 Å². The first-order valence-electron chi connectivity index (χ1n) is 10.3. The largest absolute Gasteiger partial charge is 0.491 e. The van der Waals surface area contributed by atoms with Crippen molar-refractivity contribution in [1.29, 1.82) is 0 Å². The number of nitrogens with zero attached hydrogens (tertiary/aromatic N) is 3. The van der Waals surface area contributed by atoms with Crippen LogP contribution in [0.1, 0.15) is 23.7 Å². The first kappa shape index (κ1) is 22.1. The summed E-state index contributed by atoms with van der Waals surface area (Å²) in [6.07, 6.45) is 0.345. The molecule has 1 atom stereocenters. The number of aliphatic hydroxyl groups is 1. The smallest absolute Gasteiger partial charge is 0.328 e. The van der Waals surface area contributed by atoms with Crippen molar-refractivity contribution in [2.24, 2.45) is 14.1 Å². The van der Waals surface area contributed by atoms with Gasteiger partial charge in [-0.1, -0.05) is 18.2 Å². The van der Waals surface area contributed by atoms with E-state index in [-0.39, 0.29) is 12.3 Å². The minimum atomic E-state index is -0.775. The predicted molar refractivity (Wildman–Crippen MR) is 120 cm³/mol. The van der Waals surface area contributed by atoms with Crippen molar-refractivity contribution < 1.29 is 9.84 Å². The number of nitrogens with one attached hydrogen (secondary N) is 1. The molecule has 0 aliphatic carbocycles. The Morgan fingerprint density at radius 3 is 2.47 bits per heavy atom. The van der Waals surface area contributed by atoms with Gasteiger partial charge in [-0.3, -0.25) is 9.13 Å². The first-order chi connectivity index (χ1) is 14.4. The lowest BCUT2D eigenvalue weighted by Crippen LogP contribution is -2.20. The van der Waals surface area contributed by atoms with Gasteiger partial charge >= 0.3 is 5.69 Å². The van der Waals surface area contributed by atoms with Crippen LogP contribution in [-0.2, 0) is 20.6 Å². The van der Waals surface area contributed by atoms with E-state index in [4.69, 9.17) is 4.74 Å². The Hall–Kier alpha value is -2.61. The maximum Gasteiger partial charge on any atom is 0.328 e. The average molecular weight is 413 g/mol. The van der Waals surface area contributed by atoms with E-state index in [1.165, 1.54) is 5.56 Å². The van der Waals surface area contributed by atoms with Gasteiger partial charge in [0.2, 0.25) is 0 Å². The molecule has 3 aromatic rings. The van der Waals surface area contributed by atoms with Gasteiger partial charge in [-0.25, -0.2) is 4.79 Å². The molecule has 30 heavy (non-hydrogen) atoms. The lowest BCUT2D eigenvalue weighted by Gasteiger charge is -2.14. The maximum absolute atomic E-state index is 12.1. The summed E-state index contributed by atoms with van der Waals surface area (Å²) in [6.45, 7) is 3.04. The SMILES string of the molecule is CN(C)CCCNCc1ccc(OC[C@@H](O)c2ccc3c(c2)n(C)c(=O)n3C)cc1. The molecule has 0 spiro atoms. The number of ether oxygens (including phenoxy) is 1. The van der Waals surface area contributed by atoms with Gasteiger partial charge in [-0.05, 0) is 69.0 Å². The zero-order valence-corrected chi connectivity index (χ0v) is 18.3. The molecule has 2 aromatic carbocycles. The molecule has 0 fully saturated rings. The fourth-order valence-corrected chi connectivity index (χ4v) is 3.46. The van der Waals surface area contributed by atoms with Crippen molar-refractivity contribution in [2.75, 3.05) is 33.8 Å². The highest BCUT2D eigenvalue weighted by Crippen LogP contribution is 2.21. The van der Waals surface area contributed by atoms with Crippen molar-refractivity contribution >= 4 is 11.0 Å². The highest BCUT2D eigenvalue weighted by atomic mass is 16.5. The Kier molecular flexibility index (Phi) is 7.31. The molecule has 162 valence electrons. The molecule has 0 bridgehead atoms. The zero-order chi connectivity index (χ0) is 21.7. The molecule has 0 radical (unpaired) electrons. The first-order valence-corrected chi connectivity index (χ1v) is 10.3. The molecule has 2 N–H and O–H groups in total. The fraction of sp³-hybridized carbons (Fsp3) is 0.435. The van der Waals surface area contributed by atoms with Gasteiger partial charge in [0.05, 0.1) is 11.0 Å². The average Bonchev–Trinajstić information content (AvgIpc) is 2.96. The summed E-state index contributed by atoms with van der Waals surface area (Å²) >= 11 is 0. The fourth-order valence-electron chi connectivity index (χ4n) is 3.46. The Morgan fingerprint density at radius 2 is 1.77 bits per heavy atom. The molecule has 0 saturated carbocycles. The molecule has 0 aliphatic rings. The standard InChI is InChI=1S/C23H32N4O3/c1-25(2)13-5-12-24-15-17-6-9-19(10-7-17)30-16-22(28)18-8-11-20-21(14-18)27(4)23(29)26(20)3/h6-11,14,22,24,28H,5,12-13,15-16H2,1-4H3/t22-/m1/s1. The van der Waals surface area contributed by atoms with E-state index >= 15 is 0 Å². The number of aromatic nitrogens is 2. The normalized spacial score (nSPS) is 12.6. The second-order valence-corrected chi connectivity index (χ2v) is 7.95. The van der Waals surface area contributed by atoms with Crippen LogP contribution in [0.15, 0.2) is 47.3 Å². The number of rotatable bonds is 10. The van der Waals surface area contributed by atoms with Crippen molar-refractivity contribution in [1.82, 2.24) is 19.4 Å². The van der Waals surface area contributed by atoms with Gasteiger partial charge in [0, 0.05) is 20.6 Å². The van der Waals surface area contributed by atoms with E-state index in [1.807, 2.05) is 42.5 Å². The Labute approximate surface area is 177 Å². The van der Waals surface area contributed by atoms with Crippen LogP contribution in [0.5, 0.6) is 5.75 Å². The molecular weight excluding hydrogens is 380 g/mol. The topological polar surface area (TPSA) is 71.7 Å². The summed E-state index contributed by atoms with van der Waals surface area (Å²) < 4.78 is 8.95. The molecule has 3 rings (SSSR count). The summed E-state index contributed by atoms with van der Waals surface area (Å²) in [4.78, 5) is 14.2. The predicted octanol–water partition coefficient (Wildman–Crippen LogP) is 2.03. The Bertz CT molecular complexity index is 1020. The molecule has 1 heterocycles. The number of hydrogen-bond donors (Lipinski definition) is 2. The molecule has 0 saturated heterocycles. The highest BCUT2D eigenvalue weighted by Gasteiger charge is 2.13. The summed E-state index contributed by atoms with van der Waals surface area (Å²) in [5.41, 5.74) is 3.47. The van der Waals surface area contributed by atoms with Crippen LogP contribution in [0.3, 0.4) is 0 Å². The van der Waals surface area contributed by atoms with E-state index in [2.05, 4.69) is 24.3 Å². The minimum absolute atomic E-state index is 0.0832. The summed E-state index contributed by atoms with van der Waals surface area (Å²) in [7, 11) is 7.64. The third-order valence-corrected chi connectivity index (χ3v) is 5.30. The second-order valence-electron chi connectivity index (χ2n) is 7.95. The molecule has 0 aliphatic heterocycles. The van der Waals surface area contributed by atoms with E-state index < -0.39 is 6.10 Å². The monoisotopic (exact) mass is 412 g/mol. The number of aliphatic hydroxyl groups excluding tert-OH is 1. The van der Waals surface area contributed by atoms with Gasteiger partial charge in [0.1, 0.15) is 18.5 Å². The van der Waals surface area contributed by atoms with Crippen molar-refractivity contribution in [2.45, 2.75) is 19.1 Å². The van der Waals surface area contributed by atoms with Gasteiger partial charge in [-0.2, -0.15) is 0 Å². The number of benzene rings is 2. The van der Waals surface area contributed by atoms with Gasteiger partial charge in [-0.15, -0.1) is 0 Å². The van der Waals surface area contributed by atoms with Gasteiger partial charge in [0.25, 0.3) is 0 Å². The summed E-state index contributed by atoms with van der Waals surface area (Å²) in [5.74, 6) is 0.721. The lowest BCUT2D eigenvalue weighted by atomic mass is 10.1. The Balaban J connectivity index is 1.52. The highest BCUT2D eigenvalue weighted by molar-refractivity contribution is 5.76. The van der Waals surface area contributed by atoms with Crippen LogP contribution >= 0.6 is 0 Å².